The predicted octanol–water partition coefficient (Wildman–Crippen LogP) is 25.1. The fraction of sp³-hybridized carbons (Fsp3) is 0.278. The molecule has 0 saturated heterocycles. The van der Waals surface area contributed by atoms with Gasteiger partial charge in [-0.3, -0.25) is 0 Å². The SMILES string of the molecule is CCOc1cc2ccccc2cc1OCC.CCOc1ccc(OCC)c2ccccc12.CCOc1ccc2c(OCC)cccc2c1.CCOc1ccc2cc(OCC)ccc2c1.CCOc1ccc2cccc(OC)c2c1.CCOc1cccc2c(OCC)cccc12.CCOc1cccc2cccc(OCC)c12. The largest absolute Gasteiger partial charge is 0.496 e. The lowest BCUT2D eigenvalue weighted by Gasteiger charge is -2.11. The molecule has 0 fully saturated rings. The number of ether oxygens (including phenoxy) is 14. The van der Waals surface area contributed by atoms with Gasteiger partial charge in [-0.05, 0) is 243 Å². The molecule has 0 aliphatic carbocycles. The first kappa shape index (κ1) is 84.7. The Morgan fingerprint density at radius 1 is 0.162 bits per heavy atom. The van der Waals surface area contributed by atoms with Crippen LogP contribution in [0.25, 0.3) is 75.4 Å². The predicted molar refractivity (Wildman–Crippen MR) is 459 cm³/mol. The molecule has 14 heteroatoms. The zero-order valence-electron chi connectivity index (χ0n) is 67.2. The van der Waals surface area contributed by atoms with Gasteiger partial charge in [-0.15, -0.1) is 0 Å². The Balaban J connectivity index is 0.000000163. The van der Waals surface area contributed by atoms with Crippen molar-refractivity contribution in [3.8, 4) is 80.5 Å². The van der Waals surface area contributed by atoms with E-state index in [1.807, 2.05) is 260 Å². The normalized spacial score (nSPS) is 10.4. The second-order valence-electron chi connectivity index (χ2n) is 24.3. The number of hydrogen-bond donors (Lipinski definition) is 0. The summed E-state index contributed by atoms with van der Waals surface area (Å²) in [7, 11) is 1.68. The van der Waals surface area contributed by atoms with E-state index in [-0.39, 0.29) is 0 Å². The summed E-state index contributed by atoms with van der Waals surface area (Å²) in [5.41, 5.74) is 0. The van der Waals surface area contributed by atoms with Gasteiger partial charge in [0, 0.05) is 32.3 Å². The summed E-state index contributed by atoms with van der Waals surface area (Å²) >= 11 is 0. The quantitative estimate of drug-likeness (QED) is 0.0484. The van der Waals surface area contributed by atoms with Gasteiger partial charge in [0.15, 0.2) is 11.5 Å². The lowest BCUT2D eigenvalue weighted by Crippen LogP contribution is -1.98. The molecule has 0 aliphatic heterocycles. The Morgan fingerprint density at radius 2 is 0.423 bits per heavy atom. The van der Waals surface area contributed by atoms with E-state index >= 15 is 0 Å². The molecule has 0 radical (unpaired) electrons. The summed E-state index contributed by atoms with van der Waals surface area (Å²) in [5.74, 6) is 12.5. The van der Waals surface area contributed by atoms with E-state index in [9.17, 15) is 0 Å². The molecule has 0 heterocycles. The zero-order valence-corrected chi connectivity index (χ0v) is 67.2. The van der Waals surface area contributed by atoms with Gasteiger partial charge in [-0.2, -0.15) is 0 Å². The smallest absolute Gasteiger partial charge is 0.161 e. The van der Waals surface area contributed by atoms with Crippen molar-refractivity contribution >= 4 is 75.4 Å². The van der Waals surface area contributed by atoms with E-state index in [1.54, 1.807) is 7.11 Å². The Bertz CT molecular complexity index is 4840. The molecule has 14 nitrogen and oxygen atoms in total. The van der Waals surface area contributed by atoms with Gasteiger partial charge in [-0.1, -0.05) is 140 Å². The van der Waals surface area contributed by atoms with E-state index in [1.165, 1.54) is 21.5 Å². The van der Waals surface area contributed by atoms with Crippen LogP contribution in [0.5, 0.6) is 80.5 Å². The maximum Gasteiger partial charge on any atom is 0.161 e. The van der Waals surface area contributed by atoms with E-state index < -0.39 is 0 Å². The Kier molecular flexibility index (Phi) is 35.5. The van der Waals surface area contributed by atoms with Gasteiger partial charge in [0.2, 0.25) is 0 Å². The van der Waals surface area contributed by atoms with Crippen molar-refractivity contribution in [1.82, 2.24) is 0 Å². The molecule has 0 spiro atoms. The lowest BCUT2D eigenvalue weighted by atomic mass is 10.1. The van der Waals surface area contributed by atoms with Crippen LogP contribution in [0.3, 0.4) is 0 Å². The molecule has 111 heavy (non-hydrogen) atoms. The number of benzene rings is 14. The van der Waals surface area contributed by atoms with Gasteiger partial charge < -0.3 is 66.3 Å². The van der Waals surface area contributed by atoms with Crippen molar-refractivity contribution in [3.63, 3.8) is 0 Å². The average Bonchev–Trinajstić information content (AvgIpc) is 0.810. The second kappa shape index (κ2) is 46.5. The van der Waals surface area contributed by atoms with Crippen molar-refractivity contribution in [3.05, 3.63) is 255 Å². The third-order valence-electron chi connectivity index (χ3n) is 16.9. The summed E-state index contributed by atoms with van der Waals surface area (Å²) in [6, 6.07) is 84.9. The Morgan fingerprint density at radius 3 is 0.820 bits per heavy atom. The van der Waals surface area contributed by atoms with Crippen LogP contribution < -0.4 is 66.3 Å². The highest BCUT2D eigenvalue weighted by molar-refractivity contribution is 5.96. The summed E-state index contributed by atoms with van der Waals surface area (Å²) in [5, 5.41) is 15.9. The maximum atomic E-state index is 5.63. The van der Waals surface area contributed by atoms with Crippen molar-refractivity contribution in [2.75, 3.05) is 93.0 Å². The molecule has 582 valence electrons. The number of hydrogen-bond acceptors (Lipinski definition) is 14. The molecular weight excluding hydrogens is 1390 g/mol. The van der Waals surface area contributed by atoms with Crippen LogP contribution in [0.2, 0.25) is 0 Å². The van der Waals surface area contributed by atoms with Crippen LogP contribution in [0.4, 0.5) is 0 Å². The van der Waals surface area contributed by atoms with Crippen LogP contribution >= 0.6 is 0 Å². The first-order valence-corrected chi connectivity index (χ1v) is 38.8. The number of fused-ring (bicyclic) bond motifs is 7. The second-order valence-corrected chi connectivity index (χ2v) is 24.3. The fourth-order valence-electron chi connectivity index (χ4n) is 12.3. The minimum absolute atomic E-state index is 0.651. The first-order chi connectivity index (χ1) is 54.5. The number of rotatable bonds is 27. The molecule has 14 aromatic carbocycles. The zero-order chi connectivity index (χ0) is 79.0. The van der Waals surface area contributed by atoms with E-state index in [2.05, 4.69) is 84.9 Å². The van der Waals surface area contributed by atoms with Crippen molar-refractivity contribution in [1.29, 1.82) is 0 Å². The molecule has 14 rings (SSSR count). The highest BCUT2D eigenvalue weighted by atomic mass is 16.5. The molecule has 14 aromatic rings. The van der Waals surface area contributed by atoms with Crippen LogP contribution in [0.15, 0.2) is 255 Å². The highest BCUT2D eigenvalue weighted by Crippen LogP contribution is 2.38. The van der Waals surface area contributed by atoms with Crippen LogP contribution in [-0.4, -0.2) is 93.0 Å². The van der Waals surface area contributed by atoms with E-state index in [0.717, 1.165) is 134 Å². The van der Waals surface area contributed by atoms with Crippen LogP contribution in [0.1, 0.15) is 90.0 Å². The minimum atomic E-state index is 0.651. The summed E-state index contributed by atoms with van der Waals surface area (Å²) in [6.45, 7) is 34.6. The van der Waals surface area contributed by atoms with Crippen LogP contribution in [0, 0.1) is 0 Å². The van der Waals surface area contributed by atoms with Crippen LogP contribution in [-0.2, 0) is 0 Å². The van der Waals surface area contributed by atoms with Crippen molar-refractivity contribution in [2.24, 2.45) is 0 Å². The molecule has 0 unspecified atom stereocenters. The molecule has 0 aliphatic rings. The minimum Gasteiger partial charge on any atom is -0.496 e. The monoisotopic (exact) mass is 1500 g/mol. The number of methoxy groups -OCH3 is 1. The summed E-state index contributed by atoms with van der Waals surface area (Å²) < 4.78 is 77.5. The molecule has 0 aromatic heterocycles. The lowest BCUT2D eigenvalue weighted by molar-refractivity contribution is 0.288. The first-order valence-electron chi connectivity index (χ1n) is 38.8. The third kappa shape index (κ3) is 24.6. The van der Waals surface area contributed by atoms with E-state index in [4.69, 9.17) is 66.3 Å². The molecular formula is C97H110O14. The molecule has 0 saturated carbocycles. The summed E-state index contributed by atoms with van der Waals surface area (Å²) in [4.78, 5) is 0. The molecule has 0 atom stereocenters. The van der Waals surface area contributed by atoms with E-state index in [0.29, 0.717) is 85.9 Å². The average molecular weight is 1500 g/mol. The highest BCUT2D eigenvalue weighted by Gasteiger charge is 2.12. The van der Waals surface area contributed by atoms with Crippen molar-refractivity contribution < 1.29 is 66.3 Å². The molecule has 0 bridgehead atoms. The Labute approximate surface area is 656 Å². The Hall–Kier alpha value is -11.9. The van der Waals surface area contributed by atoms with Gasteiger partial charge >= 0.3 is 0 Å². The standard InChI is InChI=1S/6C14H16O2.C13H14O2/c1-3-15-13-9-5-8-12-11(13)7-6-10-14(12)16-4-2;1-3-15-13-7-5-12-10-14(16-4-2)8-6-11(12)9-13;1-3-15-12-9-5-7-11-8-6-10-13(14(11)12)16-4-2;1-3-15-12-8-9-13-11(10-12)6-5-7-14(13)16-4-2;1-3-15-13-9-11-7-5-6-8-12(11)10-14(13)16-4-2;1-3-15-13-9-10-14(16-4-2)12-8-6-5-7-11(12)13;1-3-15-11-8-7-10-5-4-6-13(14-2)12(10)9-11/h6*5-10H,3-4H2,1-2H3;4-9H,3H2,1-2H3. The van der Waals surface area contributed by atoms with Gasteiger partial charge in [-0.25, -0.2) is 0 Å². The van der Waals surface area contributed by atoms with Gasteiger partial charge in [0.05, 0.1) is 98.4 Å². The van der Waals surface area contributed by atoms with Crippen molar-refractivity contribution in [2.45, 2.75) is 90.0 Å². The molecule has 0 N–H and O–H groups in total. The fourth-order valence-corrected chi connectivity index (χ4v) is 12.3. The third-order valence-corrected chi connectivity index (χ3v) is 16.9. The maximum absolute atomic E-state index is 5.63. The topological polar surface area (TPSA) is 129 Å². The van der Waals surface area contributed by atoms with Gasteiger partial charge in [0.25, 0.3) is 0 Å². The van der Waals surface area contributed by atoms with Gasteiger partial charge in [0.1, 0.15) is 69.0 Å². The summed E-state index contributed by atoms with van der Waals surface area (Å²) in [6.07, 6.45) is 0. The molecule has 0 amide bonds.